The fourth-order valence-corrected chi connectivity index (χ4v) is 2.78. The van der Waals surface area contributed by atoms with E-state index in [0.29, 0.717) is 0 Å². The number of thioether (sulfide) groups is 1. The van der Waals surface area contributed by atoms with Gasteiger partial charge in [-0.3, -0.25) is 10.1 Å². The van der Waals surface area contributed by atoms with Gasteiger partial charge in [0.2, 0.25) is 0 Å². The second kappa shape index (κ2) is 6.44. The van der Waals surface area contributed by atoms with Crippen LogP contribution in [0.1, 0.15) is 17.8 Å². The van der Waals surface area contributed by atoms with Crippen LogP contribution < -0.4 is 5.32 Å². The molecule has 0 aromatic carbocycles. The average Bonchev–Trinajstić information content (AvgIpc) is 2.60. The van der Waals surface area contributed by atoms with E-state index in [1.54, 1.807) is 17.8 Å². The second-order valence-electron chi connectivity index (χ2n) is 3.23. The van der Waals surface area contributed by atoms with Gasteiger partial charge in [0, 0.05) is 29.3 Å². The molecule has 0 saturated heterocycles. The first-order valence-electron chi connectivity index (χ1n) is 4.72. The molecule has 0 aliphatic rings. The molecule has 0 saturated carbocycles. The van der Waals surface area contributed by atoms with Gasteiger partial charge in [-0.05, 0) is 13.2 Å². The van der Waals surface area contributed by atoms with Crippen LogP contribution in [0.3, 0.4) is 0 Å². The number of rotatable bonds is 6. The predicted molar refractivity (Wildman–Crippen MR) is 70.8 cm³/mol. The van der Waals surface area contributed by atoms with Crippen molar-refractivity contribution in [2.24, 2.45) is 0 Å². The Bertz CT molecular complexity index is 370. The summed E-state index contributed by atoms with van der Waals surface area (Å²) in [6.45, 7) is 2.86. The zero-order valence-electron chi connectivity index (χ0n) is 9.03. The molecule has 0 radical (unpaired) electrons. The lowest BCUT2D eigenvalue weighted by Gasteiger charge is -2.10. The van der Waals surface area contributed by atoms with Crippen LogP contribution in [0.25, 0.3) is 0 Å². The van der Waals surface area contributed by atoms with Crippen LogP contribution in [-0.2, 0) is 0 Å². The van der Waals surface area contributed by atoms with Gasteiger partial charge in [-0.1, -0.05) is 11.6 Å². The molecule has 1 rings (SSSR count). The Balaban J connectivity index is 2.65. The minimum Gasteiger partial charge on any atom is -0.309 e. The van der Waals surface area contributed by atoms with Crippen molar-refractivity contribution in [2.75, 3.05) is 18.6 Å². The van der Waals surface area contributed by atoms with Crippen LogP contribution in [0.5, 0.6) is 0 Å². The molecule has 7 heteroatoms. The molecule has 0 bridgehead atoms. The fourth-order valence-electron chi connectivity index (χ4n) is 1.19. The van der Waals surface area contributed by atoms with Crippen LogP contribution in [0, 0.1) is 10.1 Å². The number of thiophene rings is 1. The molecule has 90 valence electrons. The molecule has 16 heavy (non-hydrogen) atoms. The lowest BCUT2D eigenvalue weighted by Crippen LogP contribution is -2.20. The summed E-state index contributed by atoms with van der Waals surface area (Å²) < 4.78 is 0.249. The van der Waals surface area contributed by atoms with Gasteiger partial charge < -0.3 is 5.32 Å². The smallest absolute Gasteiger partial charge is 0.299 e. The summed E-state index contributed by atoms with van der Waals surface area (Å²) in [5.41, 5.74) is 0.000170. The first-order chi connectivity index (χ1) is 7.56. The third-order valence-electron chi connectivity index (χ3n) is 2.07. The molecule has 4 nitrogen and oxygen atoms in total. The van der Waals surface area contributed by atoms with Crippen molar-refractivity contribution in [1.82, 2.24) is 5.32 Å². The highest BCUT2D eigenvalue weighted by Crippen LogP contribution is 2.36. The monoisotopic (exact) mass is 280 g/mol. The van der Waals surface area contributed by atoms with E-state index in [4.69, 9.17) is 11.6 Å². The zero-order chi connectivity index (χ0) is 12.1. The van der Waals surface area contributed by atoms with Gasteiger partial charge in [-0.15, -0.1) is 11.3 Å². The highest BCUT2D eigenvalue weighted by Gasteiger charge is 2.19. The summed E-state index contributed by atoms with van der Waals surface area (Å²) in [7, 11) is 0. The summed E-state index contributed by atoms with van der Waals surface area (Å²) >= 11 is 8.81. The molecular formula is C9H13ClN2O2S2. The summed E-state index contributed by atoms with van der Waals surface area (Å²) in [4.78, 5) is 11.1. The van der Waals surface area contributed by atoms with Crippen LogP contribution in [-0.4, -0.2) is 23.5 Å². The third-order valence-corrected chi connectivity index (χ3v) is 4.20. The SMILES string of the molecule is CSCCNC(C)c1cc([N+](=O)[O-])c(Cl)s1. The predicted octanol–water partition coefficient (Wildman–Crippen LogP) is 3.32. The number of hydrogen-bond acceptors (Lipinski definition) is 5. The van der Waals surface area contributed by atoms with Gasteiger partial charge in [-0.2, -0.15) is 11.8 Å². The molecule has 0 aliphatic carbocycles. The Morgan fingerprint density at radius 2 is 2.44 bits per heavy atom. The van der Waals surface area contributed by atoms with Gasteiger partial charge in [0.15, 0.2) is 4.34 Å². The fraction of sp³-hybridized carbons (Fsp3) is 0.556. The first-order valence-corrected chi connectivity index (χ1v) is 7.31. The first kappa shape index (κ1) is 13.8. The Morgan fingerprint density at radius 3 is 2.94 bits per heavy atom. The van der Waals surface area contributed by atoms with E-state index < -0.39 is 4.92 Å². The Labute approximate surface area is 108 Å². The van der Waals surface area contributed by atoms with Crippen molar-refractivity contribution in [3.05, 3.63) is 25.4 Å². The highest BCUT2D eigenvalue weighted by molar-refractivity contribution is 7.98. The number of halogens is 1. The van der Waals surface area contributed by atoms with E-state index in [-0.39, 0.29) is 16.1 Å². The molecule has 1 heterocycles. The van der Waals surface area contributed by atoms with Crippen molar-refractivity contribution in [1.29, 1.82) is 0 Å². The van der Waals surface area contributed by atoms with Crippen molar-refractivity contribution >= 4 is 40.4 Å². The molecule has 1 unspecified atom stereocenters. The Morgan fingerprint density at radius 1 is 1.75 bits per heavy atom. The van der Waals surface area contributed by atoms with E-state index in [2.05, 4.69) is 5.32 Å². The van der Waals surface area contributed by atoms with Crippen molar-refractivity contribution < 1.29 is 4.92 Å². The number of nitro groups is 1. The van der Waals surface area contributed by atoms with E-state index >= 15 is 0 Å². The van der Waals surface area contributed by atoms with E-state index in [1.165, 1.54) is 11.3 Å². The molecule has 0 amide bonds. The maximum atomic E-state index is 10.6. The van der Waals surface area contributed by atoms with Gasteiger partial charge in [0.1, 0.15) is 0 Å². The standard InChI is InChI=1S/C9H13ClN2O2S2/c1-6(11-3-4-15-2)8-5-7(12(13)14)9(10)16-8/h5-6,11H,3-4H2,1-2H3. The zero-order valence-corrected chi connectivity index (χ0v) is 11.4. The van der Waals surface area contributed by atoms with Gasteiger partial charge in [0.25, 0.3) is 5.69 Å². The number of hydrogen-bond donors (Lipinski definition) is 1. The molecule has 0 fully saturated rings. The minimum atomic E-state index is -0.447. The van der Waals surface area contributed by atoms with E-state index in [0.717, 1.165) is 17.2 Å². The van der Waals surface area contributed by atoms with E-state index in [9.17, 15) is 10.1 Å². The van der Waals surface area contributed by atoms with Crippen molar-refractivity contribution in [3.8, 4) is 0 Å². The number of nitrogens with one attached hydrogen (secondary N) is 1. The summed E-state index contributed by atoms with van der Waals surface area (Å²) in [5.74, 6) is 1.02. The second-order valence-corrected chi connectivity index (χ2v) is 5.90. The lowest BCUT2D eigenvalue weighted by atomic mass is 10.2. The largest absolute Gasteiger partial charge is 0.309 e. The molecule has 1 N–H and O–H groups in total. The van der Waals surface area contributed by atoms with Crippen molar-refractivity contribution in [3.63, 3.8) is 0 Å². The number of nitrogens with zero attached hydrogens (tertiary/aromatic N) is 1. The van der Waals surface area contributed by atoms with Gasteiger partial charge in [0.05, 0.1) is 4.92 Å². The van der Waals surface area contributed by atoms with Crippen LogP contribution >= 0.6 is 34.7 Å². The van der Waals surface area contributed by atoms with Gasteiger partial charge >= 0.3 is 0 Å². The Kier molecular flexibility index (Phi) is 5.54. The average molecular weight is 281 g/mol. The molecule has 1 atom stereocenters. The van der Waals surface area contributed by atoms with Gasteiger partial charge in [-0.25, -0.2) is 0 Å². The van der Waals surface area contributed by atoms with E-state index in [1.807, 2.05) is 13.2 Å². The molecule has 1 aromatic heterocycles. The summed E-state index contributed by atoms with van der Waals surface area (Å²) in [6.07, 6.45) is 2.04. The van der Waals surface area contributed by atoms with Crippen LogP contribution in [0.4, 0.5) is 5.69 Å². The molecule has 0 spiro atoms. The van der Waals surface area contributed by atoms with Crippen LogP contribution in [0.2, 0.25) is 4.34 Å². The highest BCUT2D eigenvalue weighted by atomic mass is 35.5. The summed E-state index contributed by atoms with van der Waals surface area (Å²) in [6, 6.07) is 1.65. The molecule has 1 aromatic rings. The molecular weight excluding hydrogens is 268 g/mol. The van der Waals surface area contributed by atoms with Crippen LogP contribution in [0.15, 0.2) is 6.07 Å². The molecule has 0 aliphatic heterocycles. The summed E-state index contributed by atoms with van der Waals surface area (Å²) in [5, 5.41) is 13.9. The minimum absolute atomic E-state index is 0.000170. The quantitative estimate of drug-likeness (QED) is 0.493. The lowest BCUT2D eigenvalue weighted by molar-refractivity contribution is -0.384. The topological polar surface area (TPSA) is 55.2 Å². The van der Waals surface area contributed by atoms with Crippen molar-refractivity contribution in [2.45, 2.75) is 13.0 Å². The maximum Gasteiger partial charge on any atom is 0.299 e. The maximum absolute atomic E-state index is 10.6. The Hall–Kier alpha value is -0.300. The third kappa shape index (κ3) is 3.62. The normalized spacial score (nSPS) is 12.7.